The number of carbonyl (C=O) groups excluding carboxylic acids is 2. The molecule has 2 amide bonds. The first-order valence-corrected chi connectivity index (χ1v) is 12.8. The second kappa shape index (κ2) is 11.2. The number of fused-ring (bicyclic) bond motifs is 2. The number of rotatable bonds is 7. The molecule has 37 heavy (non-hydrogen) atoms. The normalized spacial score (nSPS) is 12.0. The Kier molecular flexibility index (Phi) is 7.39. The summed E-state index contributed by atoms with van der Waals surface area (Å²) in [7, 11) is 2.67. The second-order valence-electron chi connectivity index (χ2n) is 8.86. The van der Waals surface area contributed by atoms with Gasteiger partial charge in [-0.25, -0.2) is 0 Å². The smallest absolute Gasteiger partial charge is 0.244 e. The van der Waals surface area contributed by atoms with Crippen LogP contribution in [0.5, 0.6) is 0 Å². The van der Waals surface area contributed by atoms with Gasteiger partial charge in [-0.1, -0.05) is 97.1 Å². The highest BCUT2D eigenvalue weighted by atomic mass is 31.0. The Bertz CT molecular complexity index is 1610. The van der Waals surface area contributed by atoms with Crippen molar-refractivity contribution in [2.75, 3.05) is 5.32 Å². The summed E-state index contributed by atoms with van der Waals surface area (Å²) < 4.78 is 0. The standard InChI is InChI=1S/C32H27N2O2P/c35-30(33-21-22-9-2-1-3-10-22)18-17-26-19-24-12-4-5-13-25(24)20-29(26)34-32(36)31(37)28-16-8-14-23-11-6-7-15-27(23)28/h1-20,31H,21,37H2,(H,33,35)(H,34,36). The SMILES string of the molecule is O=C(C=Cc1cc2ccccc2cc1NC(=O)C(P)c1cccc2ccccc12)NCc1ccccc1. The van der Waals surface area contributed by atoms with Crippen molar-refractivity contribution >= 4 is 54.4 Å². The molecule has 182 valence electrons. The number of nitrogens with one attached hydrogen (secondary N) is 2. The molecule has 4 nitrogen and oxygen atoms in total. The highest BCUT2D eigenvalue weighted by Crippen LogP contribution is 2.32. The van der Waals surface area contributed by atoms with Crippen LogP contribution < -0.4 is 10.6 Å². The van der Waals surface area contributed by atoms with Crippen molar-refractivity contribution in [3.05, 3.63) is 132 Å². The molecule has 0 saturated heterocycles. The van der Waals surface area contributed by atoms with Crippen molar-refractivity contribution in [3.8, 4) is 0 Å². The molecule has 0 saturated carbocycles. The van der Waals surface area contributed by atoms with Crippen LogP contribution in [0, 0.1) is 0 Å². The number of benzene rings is 5. The third-order valence-electron chi connectivity index (χ3n) is 6.34. The molecule has 5 aromatic carbocycles. The molecular weight excluding hydrogens is 475 g/mol. The van der Waals surface area contributed by atoms with E-state index in [0.717, 1.165) is 38.2 Å². The molecule has 2 unspecified atom stereocenters. The van der Waals surface area contributed by atoms with E-state index in [1.54, 1.807) is 6.08 Å². The molecule has 5 heteroatoms. The molecule has 0 bridgehead atoms. The van der Waals surface area contributed by atoms with Gasteiger partial charge in [0.1, 0.15) is 0 Å². The van der Waals surface area contributed by atoms with E-state index in [4.69, 9.17) is 0 Å². The van der Waals surface area contributed by atoms with Gasteiger partial charge in [0, 0.05) is 18.3 Å². The largest absolute Gasteiger partial charge is 0.348 e. The molecule has 0 aliphatic carbocycles. The summed E-state index contributed by atoms with van der Waals surface area (Å²) in [5, 5.41) is 10.2. The van der Waals surface area contributed by atoms with E-state index in [9.17, 15) is 9.59 Å². The molecule has 0 aliphatic heterocycles. The first kappa shape index (κ1) is 24.4. The minimum Gasteiger partial charge on any atom is -0.348 e. The maximum atomic E-state index is 13.4. The first-order chi connectivity index (χ1) is 18.1. The molecule has 2 N–H and O–H groups in total. The van der Waals surface area contributed by atoms with Crippen LogP contribution in [-0.2, 0) is 16.1 Å². The maximum Gasteiger partial charge on any atom is 0.244 e. The lowest BCUT2D eigenvalue weighted by atomic mass is 10.0. The average Bonchev–Trinajstić information content (AvgIpc) is 2.94. The van der Waals surface area contributed by atoms with Crippen LogP contribution in [0.25, 0.3) is 27.6 Å². The summed E-state index contributed by atoms with van der Waals surface area (Å²) in [6.45, 7) is 0.450. The summed E-state index contributed by atoms with van der Waals surface area (Å²) >= 11 is 0. The highest BCUT2D eigenvalue weighted by molar-refractivity contribution is 7.19. The molecule has 5 aromatic rings. The molecule has 0 heterocycles. The number of anilines is 1. The zero-order chi connectivity index (χ0) is 25.6. The third-order valence-corrected chi connectivity index (χ3v) is 7.00. The lowest BCUT2D eigenvalue weighted by molar-refractivity contribution is -0.117. The van der Waals surface area contributed by atoms with Gasteiger partial charge in [0.25, 0.3) is 0 Å². The Morgan fingerprint density at radius 3 is 2.19 bits per heavy atom. The zero-order valence-corrected chi connectivity index (χ0v) is 21.4. The first-order valence-electron chi connectivity index (χ1n) is 12.2. The number of carbonyl (C=O) groups is 2. The van der Waals surface area contributed by atoms with Crippen molar-refractivity contribution < 1.29 is 9.59 Å². The van der Waals surface area contributed by atoms with E-state index in [2.05, 4.69) is 19.9 Å². The summed E-state index contributed by atoms with van der Waals surface area (Å²) in [5.41, 5.74) is 2.95. The van der Waals surface area contributed by atoms with Crippen molar-refractivity contribution in [2.24, 2.45) is 0 Å². The molecule has 0 aromatic heterocycles. The zero-order valence-electron chi connectivity index (χ0n) is 20.2. The van der Waals surface area contributed by atoms with Crippen molar-refractivity contribution in [2.45, 2.75) is 12.2 Å². The van der Waals surface area contributed by atoms with E-state index in [1.165, 1.54) is 6.08 Å². The summed E-state index contributed by atoms with van der Waals surface area (Å²) in [6.07, 6.45) is 3.25. The van der Waals surface area contributed by atoms with E-state index >= 15 is 0 Å². The minimum atomic E-state index is -0.441. The Labute approximate surface area is 218 Å². The van der Waals surface area contributed by atoms with Gasteiger partial charge in [-0.15, -0.1) is 9.24 Å². The van der Waals surface area contributed by atoms with Gasteiger partial charge < -0.3 is 10.6 Å². The quantitative estimate of drug-likeness (QED) is 0.188. The number of hydrogen-bond acceptors (Lipinski definition) is 2. The van der Waals surface area contributed by atoms with Crippen LogP contribution in [0.4, 0.5) is 5.69 Å². The molecule has 5 rings (SSSR count). The molecule has 0 radical (unpaired) electrons. The van der Waals surface area contributed by atoms with Gasteiger partial charge in [-0.05, 0) is 56.4 Å². The van der Waals surface area contributed by atoms with Crippen LogP contribution in [-0.4, -0.2) is 11.8 Å². The van der Waals surface area contributed by atoms with Crippen LogP contribution in [0.3, 0.4) is 0 Å². The van der Waals surface area contributed by atoms with Crippen molar-refractivity contribution in [1.29, 1.82) is 0 Å². The van der Waals surface area contributed by atoms with E-state index in [-0.39, 0.29) is 11.8 Å². The molecule has 0 aliphatic rings. The van der Waals surface area contributed by atoms with E-state index in [0.29, 0.717) is 12.2 Å². The lowest BCUT2D eigenvalue weighted by Crippen LogP contribution is -2.20. The molecule has 2 atom stereocenters. The number of hydrogen-bond donors (Lipinski definition) is 2. The third kappa shape index (κ3) is 5.77. The van der Waals surface area contributed by atoms with Crippen LogP contribution in [0.2, 0.25) is 0 Å². The van der Waals surface area contributed by atoms with Crippen molar-refractivity contribution in [1.82, 2.24) is 5.32 Å². The maximum absolute atomic E-state index is 13.4. The summed E-state index contributed by atoms with van der Waals surface area (Å²) in [5.74, 6) is -0.339. The van der Waals surface area contributed by atoms with E-state index in [1.807, 2.05) is 109 Å². The average molecular weight is 503 g/mol. The van der Waals surface area contributed by atoms with Crippen LogP contribution in [0.15, 0.2) is 115 Å². The van der Waals surface area contributed by atoms with E-state index < -0.39 is 5.66 Å². The molecule has 0 fully saturated rings. The Balaban J connectivity index is 1.39. The van der Waals surface area contributed by atoms with Crippen LogP contribution in [0.1, 0.15) is 22.3 Å². The monoisotopic (exact) mass is 502 g/mol. The Hall–Kier alpha value is -4.27. The van der Waals surface area contributed by atoms with Crippen LogP contribution >= 0.6 is 9.24 Å². The Morgan fingerprint density at radius 2 is 1.41 bits per heavy atom. The topological polar surface area (TPSA) is 58.2 Å². The van der Waals surface area contributed by atoms with Gasteiger partial charge in [-0.2, -0.15) is 0 Å². The summed E-state index contributed by atoms with van der Waals surface area (Å²) in [6, 6.07) is 35.7. The van der Waals surface area contributed by atoms with Gasteiger partial charge in [0.05, 0.1) is 5.66 Å². The summed E-state index contributed by atoms with van der Waals surface area (Å²) in [4.78, 5) is 25.9. The predicted octanol–water partition coefficient (Wildman–Crippen LogP) is 6.88. The minimum absolute atomic E-state index is 0.139. The fourth-order valence-electron chi connectivity index (χ4n) is 4.39. The fourth-order valence-corrected chi connectivity index (χ4v) is 4.76. The lowest BCUT2D eigenvalue weighted by Gasteiger charge is -2.17. The molecular formula is C32H27N2O2P. The highest BCUT2D eigenvalue weighted by Gasteiger charge is 2.19. The Morgan fingerprint density at radius 1 is 0.757 bits per heavy atom. The van der Waals surface area contributed by atoms with Gasteiger partial charge in [0.2, 0.25) is 11.8 Å². The van der Waals surface area contributed by atoms with Crippen molar-refractivity contribution in [3.63, 3.8) is 0 Å². The van der Waals surface area contributed by atoms with Gasteiger partial charge in [-0.3, -0.25) is 9.59 Å². The second-order valence-corrected chi connectivity index (χ2v) is 9.53. The predicted molar refractivity (Wildman–Crippen MR) is 156 cm³/mol. The number of amides is 2. The van der Waals surface area contributed by atoms with Gasteiger partial charge in [0.15, 0.2) is 0 Å². The fraction of sp³-hybridized carbons (Fsp3) is 0.0625. The van der Waals surface area contributed by atoms with Gasteiger partial charge >= 0.3 is 0 Å². The molecule has 0 spiro atoms.